The van der Waals surface area contributed by atoms with Crippen LogP contribution in [0.15, 0.2) is 47.2 Å². The number of ether oxygens (including phenoxy) is 1. The van der Waals surface area contributed by atoms with E-state index in [4.69, 9.17) is 9.26 Å². The third kappa shape index (κ3) is 2.88. The van der Waals surface area contributed by atoms with Gasteiger partial charge in [-0.15, -0.1) is 0 Å². The number of carbonyl (C=O) groups is 1. The fourth-order valence-electron chi connectivity index (χ4n) is 1.91. The zero-order valence-corrected chi connectivity index (χ0v) is 12.1. The SMILES string of the molecule is Cc1noc(C(C)OC(=O)c2cnn(-c3ccccc3)c2)n1. The molecule has 112 valence electrons. The highest BCUT2D eigenvalue weighted by Crippen LogP contribution is 2.17. The molecule has 1 atom stereocenters. The van der Waals surface area contributed by atoms with Gasteiger partial charge in [0.1, 0.15) is 0 Å². The van der Waals surface area contributed by atoms with Crippen molar-refractivity contribution in [1.82, 2.24) is 19.9 Å². The summed E-state index contributed by atoms with van der Waals surface area (Å²) in [5.74, 6) is 0.265. The lowest BCUT2D eigenvalue weighted by molar-refractivity contribution is 0.0265. The van der Waals surface area contributed by atoms with Gasteiger partial charge in [0.05, 0.1) is 17.4 Å². The van der Waals surface area contributed by atoms with Crippen LogP contribution in [0.2, 0.25) is 0 Å². The van der Waals surface area contributed by atoms with E-state index >= 15 is 0 Å². The van der Waals surface area contributed by atoms with Crippen molar-refractivity contribution >= 4 is 5.97 Å². The second kappa shape index (κ2) is 5.80. The van der Waals surface area contributed by atoms with Crippen molar-refractivity contribution in [3.05, 3.63) is 60.0 Å². The van der Waals surface area contributed by atoms with E-state index in [0.29, 0.717) is 11.4 Å². The van der Waals surface area contributed by atoms with Gasteiger partial charge >= 0.3 is 5.97 Å². The molecule has 1 aromatic carbocycles. The van der Waals surface area contributed by atoms with Crippen LogP contribution in [0.4, 0.5) is 0 Å². The van der Waals surface area contributed by atoms with E-state index in [-0.39, 0.29) is 5.89 Å². The molecule has 0 bridgehead atoms. The molecule has 2 aromatic heterocycles. The van der Waals surface area contributed by atoms with Gasteiger partial charge in [0, 0.05) is 6.20 Å². The molecule has 0 saturated heterocycles. The maximum atomic E-state index is 12.1. The first kappa shape index (κ1) is 14.0. The van der Waals surface area contributed by atoms with Crippen LogP contribution in [0.1, 0.15) is 35.1 Å². The molecule has 22 heavy (non-hydrogen) atoms. The van der Waals surface area contributed by atoms with Crippen LogP contribution in [-0.4, -0.2) is 25.9 Å². The lowest BCUT2D eigenvalue weighted by Gasteiger charge is -2.07. The zero-order chi connectivity index (χ0) is 15.5. The second-order valence-electron chi connectivity index (χ2n) is 4.74. The highest BCUT2D eigenvalue weighted by atomic mass is 16.6. The molecule has 0 aliphatic carbocycles. The van der Waals surface area contributed by atoms with E-state index in [9.17, 15) is 4.79 Å². The third-order valence-electron chi connectivity index (χ3n) is 3.01. The van der Waals surface area contributed by atoms with Gasteiger partial charge in [-0.1, -0.05) is 23.4 Å². The molecule has 7 heteroatoms. The van der Waals surface area contributed by atoms with Crippen molar-refractivity contribution in [2.24, 2.45) is 0 Å². The standard InChI is InChI=1S/C15H14N4O3/c1-10(14-17-11(2)18-22-14)21-15(20)12-8-16-19(9-12)13-6-4-3-5-7-13/h3-10H,1-2H3. The highest BCUT2D eigenvalue weighted by Gasteiger charge is 2.20. The number of aromatic nitrogens is 4. The Kier molecular flexibility index (Phi) is 3.69. The van der Waals surface area contributed by atoms with Crippen LogP contribution in [0.25, 0.3) is 5.69 Å². The van der Waals surface area contributed by atoms with Gasteiger partial charge in [0.25, 0.3) is 5.89 Å². The molecule has 0 saturated carbocycles. The fourth-order valence-corrected chi connectivity index (χ4v) is 1.91. The van der Waals surface area contributed by atoms with Crippen LogP contribution in [-0.2, 0) is 4.74 Å². The molecule has 0 aliphatic heterocycles. The van der Waals surface area contributed by atoms with Crippen molar-refractivity contribution in [3.8, 4) is 5.69 Å². The number of esters is 1. The maximum absolute atomic E-state index is 12.1. The molecule has 3 aromatic rings. The van der Waals surface area contributed by atoms with Crippen LogP contribution in [0, 0.1) is 6.92 Å². The molecular formula is C15H14N4O3. The van der Waals surface area contributed by atoms with E-state index in [0.717, 1.165) is 5.69 Å². The van der Waals surface area contributed by atoms with E-state index < -0.39 is 12.1 Å². The molecule has 0 radical (unpaired) electrons. The van der Waals surface area contributed by atoms with Crippen molar-refractivity contribution in [1.29, 1.82) is 0 Å². The van der Waals surface area contributed by atoms with E-state index in [1.54, 1.807) is 24.7 Å². The Balaban J connectivity index is 1.72. The lowest BCUT2D eigenvalue weighted by atomic mass is 10.3. The number of para-hydroxylation sites is 1. The molecule has 0 fully saturated rings. The van der Waals surface area contributed by atoms with E-state index in [1.165, 1.54) is 6.20 Å². The normalized spacial score (nSPS) is 12.1. The zero-order valence-electron chi connectivity index (χ0n) is 12.1. The highest BCUT2D eigenvalue weighted by molar-refractivity contribution is 5.89. The molecule has 3 rings (SSSR count). The van der Waals surface area contributed by atoms with Gasteiger partial charge < -0.3 is 9.26 Å². The largest absolute Gasteiger partial charge is 0.449 e. The number of carbonyl (C=O) groups excluding carboxylic acids is 1. The Morgan fingerprint density at radius 2 is 2.09 bits per heavy atom. The molecule has 2 heterocycles. The third-order valence-corrected chi connectivity index (χ3v) is 3.01. The van der Waals surface area contributed by atoms with Crippen molar-refractivity contribution < 1.29 is 14.1 Å². The smallest absolute Gasteiger partial charge is 0.342 e. The van der Waals surface area contributed by atoms with Crippen molar-refractivity contribution in [2.45, 2.75) is 20.0 Å². The quantitative estimate of drug-likeness (QED) is 0.688. The minimum atomic E-state index is -0.617. The number of hydrogen-bond donors (Lipinski definition) is 0. The van der Waals surface area contributed by atoms with E-state index in [2.05, 4.69) is 15.2 Å². The van der Waals surface area contributed by atoms with Crippen molar-refractivity contribution in [3.63, 3.8) is 0 Å². The van der Waals surface area contributed by atoms with Crippen LogP contribution in [0.5, 0.6) is 0 Å². The first-order chi connectivity index (χ1) is 10.6. The second-order valence-corrected chi connectivity index (χ2v) is 4.74. The summed E-state index contributed by atoms with van der Waals surface area (Å²) >= 11 is 0. The molecular weight excluding hydrogens is 284 g/mol. The number of benzene rings is 1. The monoisotopic (exact) mass is 298 g/mol. The van der Waals surface area contributed by atoms with Crippen molar-refractivity contribution in [2.75, 3.05) is 0 Å². The Morgan fingerprint density at radius 1 is 1.32 bits per heavy atom. The minimum absolute atomic E-state index is 0.265. The molecule has 0 spiro atoms. The van der Waals surface area contributed by atoms with Crippen LogP contribution >= 0.6 is 0 Å². The predicted octanol–water partition coefficient (Wildman–Crippen LogP) is 2.48. The lowest BCUT2D eigenvalue weighted by Crippen LogP contribution is -2.09. The summed E-state index contributed by atoms with van der Waals surface area (Å²) in [5, 5.41) is 7.82. The van der Waals surface area contributed by atoms with Crippen LogP contribution in [0.3, 0.4) is 0 Å². The molecule has 7 nitrogen and oxygen atoms in total. The first-order valence-electron chi connectivity index (χ1n) is 6.75. The van der Waals surface area contributed by atoms with Gasteiger partial charge in [0.2, 0.25) is 0 Å². The first-order valence-corrected chi connectivity index (χ1v) is 6.75. The Hall–Kier alpha value is -2.96. The Morgan fingerprint density at radius 3 is 2.77 bits per heavy atom. The summed E-state index contributed by atoms with van der Waals surface area (Å²) in [6.07, 6.45) is 2.46. The van der Waals surface area contributed by atoms with Gasteiger partial charge in [-0.3, -0.25) is 0 Å². The summed E-state index contributed by atoms with van der Waals surface area (Å²) in [6.45, 7) is 3.37. The average Bonchev–Trinajstić information content (AvgIpc) is 3.17. The maximum Gasteiger partial charge on any atom is 0.342 e. The fraction of sp³-hybridized carbons (Fsp3) is 0.200. The summed E-state index contributed by atoms with van der Waals surface area (Å²) in [7, 11) is 0. The average molecular weight is 298 g/mol. The van der Waals surface area contributed by atoms with Gasteiger partial charge in [-0.2, -0.15) is 10.1 Å². The predicted molar refractivity (Wildman–Crippen MR) is 76.4 cm³/mol. The summed E-state index contributed by atoms with van der Waals surface area (Å²) < 4.78 is 11.9. The molecule has 0 aliphatic rings. The minimum Gasteiger partial charge on any atom is -0.449 e. The van der Waals surface area contributed by atoms with Gasteiger partial charge in [-0.05, 0) is 26.0 Å². The Bertz CT molecular complexity index is 779. The summed E-state index contributed by atoms with van der Waals surface area (Å²) in [5.41, 5.74) is 1.22. The molecule has 0 N–H and O–H groups in total. The number of rotatable bonds is 4. The van der Waals surface area contributed by atoms with Gasteiger partial charge in [-0.25, -0.2) is 9.48 Å². The van der Waals surface area contributed by atoms with Gasteiger partial charge in [0.15, 0.2) is 11.9 Å². The molecule has 1 unspecified atom stereocenters. The number of aryl methyl sites for hydroxylation is 1. The number of hydrogen-bond acceptors (Lipinski definition) is 6. The summed E-state index contributed by atoms with van der Waals surface area (Å²) in [4.78, 5) is 16.1. The topological polar surface area (TPSA) is 83.0 Å². The summed E-state index contributed by atoms with van der Waals surface area (Å²) in [6, 6.07) is 9.50. The van der Waals surface area contributed by atoms with Crippen LogP contribution < -0.4 is 0 Å². The molecule has 0 amide bonds. The van der Waals surface area contributed by atoms with E-state index in [1.807, 2.05) is 30.3 Å². The number of nitrogens with zero attached hydrogens (tertiary/aromatic N) is 4. The Labute approximate surface area is 126 Å².